The van der Waals surface area contributed by atoms with Crippen LogP contribution in [-0.4, -0.2) is 9.78 Å². The molecule has 0 saturated heterocycles. The van der Waals surface area contributed by atoms with Gasteiger partial charge in [-0.25, -0.2) is 0 Å². The SMILES string of the molecule is Nc1cn(Cc2cccc(Br)c2)nc1-c1ccccc1Cl. The van der Waals surface area contributed by atoms with Crippen molar-refractivity contribution in [3.63, 3.8) is 0 Å². The Labute approximate surface area is 136 Å². The molecule has 0 aliphatic heterocycles. The van der Waals surface area contributed by atoms with Crippen molar-refractivity contribution in [2.45, 2.75) is 6.54 Å². The van der Waals surface area contributed by atoms with Gasteiger partial charge in [0.05, 0.1) is 17.3 Å². The molecule has 0 unspecified atom stereocenters. The monoisotopic (exact) mass is 361 g/mol. The van der Waals surface area contributed by atoms with Crippen LogP contribution in [0.15, 0.2) is 59.2 Å². The van der Waals surface area contributed by atoms with Crippen molar-refractivity contribution in [3.05, 3.63) is 69.8 Å². The van der Waals surface area contributed by atoms with Gasteiger partial charge in [0.15, 0.2) is 0 Å². The summed E-state index contributed by atoms with van der Waals surface area (Å²) >= 11 is 9.68. The molecule has 0 amide bonds. The summed E-state index contributed by atoms with van der Waals surface area (Å²) in [5.74, 6) is 0. The summed E-state index contributed by atoms with van der Waals surface area (Å²) in [6.45, 7) is 0.661. The second-order valence-electron chi connectivity index (χ2n) is 4.74. The topological polar surface area (TPSA) is 43.8 Å². The zero-order valence-electron chi connectivity index (χ0n) is 11.1. The van der Waals surface area contributed by atoms with Gasteiger partial charge in [0.2, 0.25) is 0 Å². The van der Waals surface area contributed by atoms with Crippen molar-refractivity contribution >= 4 is 33.2 Å². The van der Waals surface area contributed by atoms with Gasteiger partial charge in [-0.15, -0.1) is 0 Å². The van der Waals surface area contributed by atoms with E-state index in [0.29, 0.717) is 17.3 Å². The van der Waals surface area contributed by atoms with E-state index in [9.17, 15) is 0 Å². The van der Waals surface area contributed by atoms with Gasteiger partial charge in [-0.1, -0.05) is 57.9 Å². The molecule has 0 bridgehead atoms. The highest BCUT2D eigenvalue weighted by atomic mass is 79.9. The Hall–Kier alpha value is -1.78. The molecule has 0 atom stereocenters. The molecule has 0 saturated carbocycles. The average molecular weight is 363 g/mol. The van der Waals surface area contributed by atoms with Crippen LogP contribution >= 0.6 is 27.5 Å². The maximum atomic E-state index is 6.21. The van der Waals surface area contributed by atoms with Crippen LogP contribution in [0.25, 0.3) is 11.3 Å². The normalized spacial score (nSPS) is 10.8. The van der Waals surface area contributed by atoms with Crippen molar-refractivity contribution in [3.8, 4) is 11.3 Å². The van der Waals surface area contributed by atoms with Crippen LogP contribution < -0.4 is 5.73 Å². The highest BCUT2D eigenvalue weighted by Gasteiger charge is 2.11. The largest absolute Gasteiger partial charge is 0.396 e. The van der Waals surface area contributed by atoms with E-state index in [-0.39, 0.29) is 0 Å². The Morgan fingerprint density at radius 2 is 1.95 bits per heavy atom. The molecule has 21 heavy (non-hydrogen) atoms. The summed E-state index contributed by atoms with van der Waals surface area (Å²) in [7, 11) is 0. The maximum absolute atomic E-state index is 6.21. The Morgan fingerprint density at radius 1 is 1.14 bits per heavy atom. The van der Waals surface area contributed by atoms with E-state index < -0.39 is 0 Å². The smallest absolute Gasteiger partial charge is 0.117 e. The summed E-state index contributed by atoms with van der Waals surface area (Å²) in [6.07, 6.45) is 1.83. The zero-order chi connectivity index (χ0) is 14.8. The quantitative estimate of drug-likeness (QED) is 0.740. The fourth-order valence-corrected chi connectivity index (χ4v) is 2.87. The van der Waals surface area contributed by atoms with Gasteiger partial charge in [-0.3, -0.25) is 4.68 Å². The molecule has 0 spiro atoms. The summed E-state index contributed by atoms with van der Waals surface area (Å²) < 4.78 is 2.88. The molecular formula is C16H13BrClN3. The highest BCUT2D eigenvalue weighted by Crippen LogP contribution is 2.30. The summed E-state index contributed by atoms with van der Waals surface area (Å²) in [4.78, 5) is 0. The van der Waals surface area contributed by atoms with Crippen LogP contribution in [0.1, 0.15) is 5.56 Å². The molecule has 3 aromatic rings. The number of aromatic nitrogens is 2. The zero-order valence-corrected chi connectivity index (χ0v) is 13.5. The Bertz CT molecular complexity index is 783. The van der Waals surface area contributed by atoms with Crippen molar-refractivity contribution in [1.29, 1.82) is 0 Å². The minimum Gasteiger partial charge on any atom is -0.396 e. The number of halogens is 2. The standard InChI is InChI=1S/C16H13BrClN3/c17-12-5-3-4-11(8-12)9-21-10-15(19)16(20-21)13-6-1-2-7-14(13)18/h1-8,10H,9,19H2. The van der Waals surface area contributed by atoms with Crippen molar-refractivity contribution in [1.82, 2.24) is 9.78 Å². The number of anilines is 1. The maximum Gasteiger partial charge on any atom is 0.117 e. The Kier molecular flexibility index (Phi) is 3.99. The third kappa shape index (κ3) is 3.12. The van der Waals surface area contributed by atoms with Gasteiger partial charge in [0.25, 0.3) is 0 Å². The number of nitrogen functional groups attached to an aromatic ring is 1. The van der Waals surface area contributed by atoms with Crippen LogP contribution in [0.2, 0.25) is 5.02 Å². The molecule has 0 aliphatic carbocycles. The van der Waals surface area contributed by atoms with Gasteiger partial charge >= 0.3 is 0 Å². The third-order valence-electron chi connectivity index (χ3n) is 3.15. The van der Waals surface area contributed by atoms with Crippen LogP contribution in [0, 0.1) is 0 Å². The first-order chi connectivity index (χ1) is 10.1. The lowest BCUT2D eigenvalue weighted by Crippen LogP contribution is -2.00. The number of benzene rings is 2. The van der Waals surface area contributed by atoms with Crippen molar-refractivity contribution in [2.24, 2.45) is 0 Å². The second kappa shape index (κ2) is 5.92. The first-order valence-electron chi connectivity index (χ1n) is 6.46. The minimum atomic E-state index is 0.623. The molecule has 0 aliphatic rings. The molecular weight excluding hydrogens is 350 g/mol. The number of rotatable bonds is 3. The highest BCUT2D eigenvalue weighted by molar-refractivity contribution is 9.10. The molecule has 0 radical (unpaired) electrons. The third-order valence-corrected chi connectivity index (χ3v) is 3.98. The van der Waals surface area contributed by atoms with E-state index >= 15 is 0 Å². The van der Waals surface area contributed by atoms with Crippen LogP contribution in [-0.2, 0) is 6.54 Å². The summed E-state index contributed by atoms with van der Waals surface area (Å²) in [5.41, 5.74) is 9.42. The van der Waals surface area contributed by atoms with E-state index in [0.717, 1.165) is 21.3 Å². The van der Waals surface area contributed by atoms with Crippen LogP contribution in [0.5, 0.6) is 0 Å². The molecule has 0 fully saturated rings. The first kappa shape index (κ1) is 14.2. The Balaban J connectivity index is 1.93. The number of nitrogens with two attached hydrogens (primary N) is 1. The van der Waals surface area contributed by atoms with Crippen LogP contribution in [0.4, 0.5) is 5.69 Å². The molecule has 5 heteroatoms. The lowest BCUT2D eigenvalue weighted by Gasteiger charge is -2.03. The minimum absolute atomic E-state index is 0.623. The molecule has 3 rings (SSSR count). The summed E-state index contributed by atoms with van der Waals surface area (Å²) in [5, 5.41) is 5.21. The molecule has 1 heterocycles. The van der Waals surface area contributed by atoms with E-state index in [1.807, 2.05) is 47.3 Å². The molecule has 1 aromatic heterocycles. The Morgan fingerprint density at radius 3 is 2.71 bits per heavy atom. The lowest BCUT2D eigenvalue weighted by atomic mass is 10.1. The van der Waals surface area contributed by atoms with E-state index in [1.54, 1.807) is 0 Å². The van der Waals surface area contributed by atoms with Crippen molar-refractivity contribution < 1.29 is 0 Å². The number of hydrogen-bond donors (Lipinski definition) is 1. The number of nitrogens with zero attached hydrogens (tertiary/aromatic N) is 2. The lowest BCUT2D eigenvalue weighted by molar-refractivity contribution is 0.689. The second-order valence-corrected chi connectivity index (χ2v) is 6.06. The van der Waals surface area contributed by atoms with Crippen molar-refractivity contribution in [2.75, 3.05) is 5.73 Å². The molecule has 2 aromatic carbocycles. The van der Waals surface area contributed by atoms with E-state index in [4.69, 9.17) is 17.3 Å². The first-order valence-corrected chi connectivity index (χ1v) is 7.63. The van der Waals surface area contributed by atoms with Gasteiger partial charge in [-0.2, -0.15) is 5.10 Å². The fourth-order valence-electron chi connectivity index (χ4n) is 2.20. The molecule has 106 valence electrons. The van der Waals surface area contributed by atoms with Gasteiger partial charge in [-0.05, 0) is 23.8 Å². The van der Waals surface area contributed by atoms with Crippen LogP contribution in [0.3, 0.4) is 0 Å². The average Bonchev–Trinajstić information content (AvgIpc) is 2.80. The van der Waals surface area contributed by atoms with Gasteiger partial charge < -0.3 is 5.73 Å². The fraction of sp³-hybridized carbons (Fsp3) is 0.0625. The van der Waals surface area contributed by atoms with Gasteiger partial charge in [0, 0.05) is 16.2 Å². The number of hydrogen-bond acceptors (Lipinski definition) is 2. The predicted molar refractivity (Wildman–Crippen MR) is 90.3 cm³/mol. The molecule has 3 nitrogen and oxygen atoms in total. The van der Waals surface area contributed by atoms with E-state index in [2.05, 4.69) is 33.2 Å². The van der Waals surface area contributed by atoms with E-state index in [1.165, 1.54) is 0 Å². The predicted octanol–water partition coefficient (Wildman–Crippen LogP) is 4.60. The molecule has 2 N–H and O–H groups in total. The van der Waals surface area contributed by atoms with Gasteiger partial charge in [0.1, 0.15) is 5.69 Å². The summed E-state index contributed by atoms with van der Waals surface area (Å²) in [6, 6.07) is 15.7.